The van der Waals surface area contributed by atoms with Crippen molar-refractivity contribution < 1.29 is 14.7 Å². The molecule has 2 aliphatic carbocycles. The SMILES string of the molecule is C=CC1(CCCC2=C(C)C(=O)CC2)CCC(C(=O)O)CC1. The number of ketones is 1. The summed E-state index contributed by atoms with van der Waals surface area (Å²) in [6.45, 7) is 5.94. The summed E-state index contributed by atoms with van der Waals surface area (Å²) in [5.74, 6) is -0.515. The molecule has 21 heavy (non-hydrogen) atoms. The number of carbonyl (C=O) groups excluding carboxylic acids is 1. The van der Waals surface area contributed by atoms with E-state index in [0.29, 0.717) is 12.2 Å². The molecule has 3 nitrogen and oxygen atoms in total. The van der Waals surface area contributed by atoms with Gasteiger partial charge < -0.3 is 5.11 Å². The first-order chi connectivity index (χ1) is 9.97. The number of carboxylic acid groups (broad SMARTS) is 1. The Labute approximate surface area is 127 Å². The standard InChI is InChI=1S/C18H26O3/c1-3-18(11-8-15(9-12-18)17(20)21)10-4-5-14-6-7-16(19)13(14)2/h3,15H,1,4-12H2,2H3,(H,20,21). The van der Waals surface area contributed by atoms with E-state index < -0.39 is 5.97 Å². The molecule has 0 bridgehead atoms. The van der Waals surface area contributed by atoms with E-state index in [0.717, 1.165) is 56.9 Å². The van der Waals surface area contributed by atoms with Gasteiger partial charge in [0.05, 0.1) is 5.92 Å². The van der Waals surface area contributed by atoms with Crippen LogP contribution in [0.2, 0.25) is 0 Å². The van der Waals surface area contributed by atoms with Crippen molar-refractivity contribution in [2.45, 2.75) is 64.7 Å². The van der Waals surface area contributed by atoms with Crippen LogP contribution in [0.15, 0.2) is 23.8 Å². The number of aliphatic carboxylic acids is 1. The summed E-state index contributed by atoms with van der Waals surface area (Å²) in [5.41, 5.74) is 2.43. The van der Waals surface area contributed by atoms with E-state index >= 15 is 0 Å². The van der Waals surface area contributed by atoms with Crippen molar-refractivity contribution in [3.8, 4) is 0 Å². The van der Waals surface area contributed by atoms with Crippen molar-refractivity contribution >= 4 is 11.8 Å². The number of hydrogen-bond donors (Lipinski definition) is 1. The van der Waals surface area contributed by atoms with Crippen molar-refractivity contribution in [3.63, 3.8) is 0 Å². The van der Waals surface area contributed by atoms with Gasteiger partial charge in [0.15, 0.2) is 5.78 Å². The molecule has 0 heterocycles. The predicted octanol–water partition coefficient (Wildman–Crippen LogP) is 4.28. The third-order valence-corrected chi connectivity index (χ3v) is 5.52. The highest BCUT2D eigenvalue weighted by atomic mass is 16.4. The molecule has 0 atom stereocenters. The van der Waals surface area contributed by atoms with E-state index in [1.165, 1.54) is 5.57 Å². The second-order valence-corrected chi connectivity index (χ2v) is 6.68. The number of Topliss-reactive ketones (excluding diaryl/α,β-unsaturated/α-hetero) is 1. The van der Waals surface area contributed by atoms with Crippen LogP contribution in [-0.4, -0.2) is 16.9 Å². The number of allylic oxidation sites excluding steroid dienone is 3. The quantitative estimate of drug-likeness (QED) is 0.743. The molecule has 0 aromatic heterocycles. The third-order valence-electron chi connectivity index (χ3n) is 5.52. The minimum Gasteiger partial charge on any atom is -0.481 e. The summed E-state index contributed by atoms with van der Waals surface area (Å²) in [5, 5.41) is 9.09. The van der Waals surface area contributed by atoms with E-state index in [-0.39, 0.29) is 11.3 Å². The second-order valence-electron chi connectivity index (χ2n) is 6.68. The maximum atomic E-state index is 11.5. The van der Waals surface area contributed by atoms with Crippen molar-refractivity contribution in [2.75, 3.05) is 0 Å². The average Bonchev–Trinajstić information content (AvgIpc) is 2.80. The van der Waals surface area contributed by atoms with Crippen molar-refractivity contribution in [2.24, 2.45) is 11.3 Å². The maximum Gasteiger partial charge on any atom is 0.306 e. The minimum absolute atomic E-state index is 0.114. The molecule has 0 aromatic rings. The van der Waals surface area contributed by atoms with E-state index in [9.17, 15) is 9.59 Å². The molecule has 0 aromatic carbocycles. The van der Waals surface area contributed by atoms with Crippen LogP contribution in [0.3, 0.4) is 0 Å². The molecule has 0 radical (unpaired) electrons. The second kappa shape index (κ2) is 6.59. The molecular weight excluding hydrogens is 264 g/mol. The fourth-order valence-electron chi connectivity index (χ4n) is 3.80. The zero-order valence-corrected chi connectivity index (χ0v) is 13.0. The maximum absolute atomic E-state index is 11.5. The van der Waals surface area contributed by atoms with Crippen molar-refractivity contribution in [1.82, 2.24) is 0 Å². The lowest BCUT2D eigenvalue weighted by Crippen LogP contribution is -2.29. The lowest BCUT2D eigenvalue weighted by atomic mass is 9.68. The number of carboxylic acids is 1. The highest BCUT2D eigenvalue weighted by Gasteiger charge is 2.35. The van der Waals surface area contributed by atoms with Crippen LogP contribution in [0, 0.1) is 11.3 Å². The third kappa shape index (κ3) is 3.63. The van der Waals surface area contributed by atoms with Gasteiger partial charge in [-0.3, -0.25) is 9.59 Å². The highest BCUT2D eigenvalue weighted by Crippen LogP contribution is 2.44. The lowest BCUT2D eigenvalue weighted by Gasteiger charge is -2.37. The van der Waals surface area contributed by atoms with Gasteiger partial charge in [-0.25, -0.2) is 0 Å². The number of hydrogen-bond acceptors (Lipinski definition) is 2. The molecule has 0 unspecified atom stereocenters. The fourth-order valence-corrected chi connectivity index (χ4v) is 3.80. The molecule has 1 fully saturated rings. The molecule has 3 heteroatoms. The fraction of sp³-hybridized carbons (Fsp3) is 0.667. The molecule has 1 N–H and O–H groups in total. The topological polar surface area (TPSA) is 54.4 Å². The molecular formula is C18H26O3. The highest BCUT2D eigenvalue weighted by molar-refractivity contribution is 5.98. The lowest BCUT2D eigenvalue weighted by molar-refractivity contribution is -0.143. The monoisotopic (exact) mass is 290 g/mol. The molecule has 0 aliphatic heterocycles. The van der Waals surface area contributed by atoms with Crippen LogP contribution in [-0.2, 0) is 9.59 Å². The molecule has 116 valence electrons. The Hall–Kier alpha value is -1.38. The molecule has 2 aliphatic rings. The van der Waals surface area contributed by atoms with Gasteiger partial charge in [0.1, 0.15) is 0 Å². The smallest absolute Gasteiger partial charge is 0.306 e. The van der Waals surface area contributed by atoms with Crippen molar-refractivity contribution in [3.05, 3.63) is 23.8 Å². The van der Waals surface area contributed by atoms with E-state index in [4.69, 9.17) is 5.11 Å². The summed E-state index contributed by atoms with van der Waals surface area (Å²) in [6.07, 6.45) is 10.2. The van der Waals surface area contributed by atoms with Crippen LogP contribution in [0.1, 0.15) is 64.7 Å². The van der Waals surface area contributed by atoms with E-state index in [2.05, 4.69) is 6.58 Å². The van der Waals surface area contributed by atoms with Gasteiger partial charge in [-0.1, -0.05) is 11.6 Å². The number of rotatable bonds is 6. The zero-order chi connectivity index (χ0) is 15.5. The Morgan fingerprint density at radius 1 is 1.38 bits per heavy atom. The van der Waals surface area contributed by atoms with Crippen LogP contribution < -0.4 is 0 Å². The van der Waals surface area contributed by atoms with Crippen molar-refractivity contribution in [1.29, 1.82) is 0 Å². The van der Waals surface area contributed by atoms with E-state index in [1.807, 2.05) is 13.0 Å². The molecule has 1 saturated carbocycles. The van der Waals surface area contributed by atoms with Crippen LogP contribution in [0.5, 0.6) is 0 Å². The molecule has 0 spiro atoms. The van der Waals surface area contributed by atoms with Gasteiger partial charge in [0.2, 0.25) is 0 Å². The van der Waals surface area contributed by atoms with Gasteiger partial charge in [0, 0.05) is 6.42 Å². The zero-order valence-electron chi connectivity index (χ0n) is 13.0. The average molecular weight is 290 g/mol. The van der Waals surface area contributed by atoms with Crippen LogP contribution >= 0.6 is 0 Å². The summed E-state index contributed by atoms with van der Waals surface area (Å²) in [7, 11) is 0. The summed E-state index contributed by atoms with van der Waals surface area (Å²) < 4.78 is 0. The van der Waals surface area contributed by atoms with Gasteiger partial charge in [-0.15, -0.1) is 6.58 Å². The van der Waals surface area contributed by atoms with Gasteiger partial charge in [-0.05, 0) is 69.3 Å². The molecule has 0 amide bonds. The Morgan fingerprint density at radius 3 is 2.52 bits per heavy atom. The van der Waals surface area contributed by atoms with Gasteiger partial charge in [-0.2, -0.15) is 0 Å². The molecule has 0 saturated heterocycles. The van der Waals surface area contributed by atoms with Gasteiger partial charge >= 0.3 is 5.97 Å². The first kappa shape index (κ1) is 16.0. The predicted molar refractivity (Wildman–Crippen MR) is 83.0 cm³/mol. The molecule has 2 rings (SSSR count). The van der Waals surface area contributed by atoms with E-state index in [1.54, 1.807) is 0 Å². The summed E-state index contributed by atoms with van der Waals surface area (Å²) in [6, 6.07) is 0. The largest absolute Gasteiger partial charge is 0.481 e. The summed E-state index contributed by atoms with van der Waals surface area (Å²) >= 11 is 0. The minimum atomic E-state index is -0.655. The Kier molecular flexibility index (Phi) is 5.02. The summed E-state index contributed by atoms with van der Waals surface area (Å²) in [4.78, 5) is 22.6. The number of carbonyl (C=O) groups is 2. The van der Waals surface area contributed by atoms with Crippen LogP contribution in [0.4, 0.5) is 0 Å². The van der Waals surface area contributed by atoms with Gasteiger partial charge in [0.25, 0.3) is 0 Å². The normalized spacial score (nSPS) is 29.8. The Morgan fingerprint density at radius 2 is 2.05 bits per heavy atom. The Bertz CT molecular complexity index is 465. The Balaban J connectivity index is 1.85. The first-order valence-corrected chi connectivity index (χ1v) is 8.06. The first-order valence-electron chi connectivity index (χ1n) is 8.06. The van der Waals surface area contributed by atoms with Crippen LogP contribution in [0.25, 0.3) is 0 Å².